The zero-order chi connectivity index (χ0) is 20.1. The summed E-state index contributed by atoms with van der Waals surface area (Å²) in [5.74, 6) is 1.20. The number of anilines is 1. The summed E-state index contributed by atoms with van der Waals surface area (Å²) in [5.41, 5.74) is 1.88. The summed E-state index contributed by atoms with van der Waals surface area (Å²) in [7, 11) is 4.58. The molecule has 1 N–H and O–H groups in total. The lowest BCUT2D eigenvalue weighted by molar-refractivity contribution is -0.115. The summed E-state index contributed by atoms with van der Waals surface area (Å²) >= 11 is 6.09. The Hall–Kier alpha value is -3.26. The molecule has 0 saturated carbocycles. The average molecular weight is 403 g/mol. The van der Waals surface area contributed by atoms with Crippen molar-refractivity contribution in [3.63, 3.8) is 0 Å². The van der Waals surface area contributed by atoms with Crippen LogP contribution in [0.25, 0.3) is 5.69 Å². The molecule has 0 aliphatic heterocycles. The van der Waals surface area contributed by atoms with E-state index in [1.807, 2.05) is 0 Å². The van der Waals surface area contributed by atoms with Gasteiger partial charge in [0.25, 0.3) is 0 Å². The third-order valence-corrected chi connectivity index (χ3v) is 4.22. The Morgan fingerprint density at radius 3 is 2.39 bits per heavy atom. The van der Waals surface area contributed by atoms with Gasteiger partial charge in [-0.3, -0.25) is 4.79 Å². The van der Waals surface area contributed by atoms with Crippen LogP contribution in [0, 0.1) is 0 Å². The molecular formula is C19H19ClN4O4. The number of carbonyl (C=O) groups is 1. The van der Waals surface area contributed by atoms with E-state index in [-0.39, 0.29) is 12.3 Å². The summed E-state index contributed by atoms with van der Waals surface area (Å²) in [5, 5.41) is 7.46. The molecule has 0 unspecified atom stereocenters. The van der Waals surface area contributed by atoms with Gasteiger partial charge in [-0.2, -0.15) is 5.10 Å². The van der Waals surface area contributed by atoms with Crippen LogP contribution in [0.2, 0.25) is 5.02 Å². The molecule has 0 spiro atoms. The number of halogens is 1. The van der Waals surface area contributed by atoms with E-state index >= 15 is 0 Å². The molecule has 0 saturated heterocycles. The van der Waals surface area contributed by atoms with Gasteiger partial charge in [-0.25, -0.2) is 9.67 Å². The van der Waals surface area contributed by atoms with Crippen LogP contribution in [0.5, 0.6) is 17.2 Å². The van der Waals surface area contributed by atoms with Gasteiger partial charge in [-0.05, 0) is 35.9 Å². The SMILES string of the molecule is COc1cc(CC(=O)Nc2cc(Cl)ccc2-n2cncn2)cc(OC)c1OC. The fourth-order valence-corrected chi connectivity index (χ4v) is 2.93. The van der Waals surface area contributed by atoms with Crippen LogP contribution in [0.4, 0.5) is 5.69 Å². The fraction of sp³-hybridized carbons (Fsp3) is 0.211. The number of ether oxygens (including phenoxy) is 3. The lowest BCUT2D eigenvalue weighted by Gasteiger charge is -2.15. The Labute approximate surface area is 167 Å². The zero-order valence-electron chi connectivity index (χ0n) is 15.6. The first-order valence-electron chi connectivity index (χ1n) is 8.29. The van der Waals surface area contributed by atoms with Crippen LogP contribution in [0.15, 0.2) is 43.0 Å². The van der Waals surface area contributed by atoms with Gasteiger partial charge in [0, 0.05) is 5.02 Å². The number of amides is 1. The molecule has 0 aliphatic carbocycles. The number of nitrogens with zero attached hydrogens (tertiary/aromatic N) is 3. The number of methoxy groups -OCH3 is 3. The molecule has 0 bridgehead atoms. The molecule has 0 aliphatic rings. The first kappa shape index (κ1) is 19.5. The van der Waals surface area contributed by atoms with Gasteiger partial charge in [0.05, 0.1) is 39.1 Å². The summed E-state index contributed by atoms with van der Waals surface area (Å²) in [6.45, 7) is 0. The molecule has 0 atom stereocenters. The van der Waals surface area contributed by atoms with E-state index in [1.54, 1.807) is 35.0 Å². The summed E-state index contributed by atoms with van der Waals surface area (Å²) in [6.07, 6.45) is 3.05. The van der Waals surface area contributed by atoms with Crippen molar-refractivity contribution < 1.29 is 19.0 Å². The molecule has 0 radical (unpaired) electrons. The van der Waals surface area contributed by atoms with Gasteiger partial charge < -0.3 is 19.5 Å². The Morgan fingerprint density at radius 2 is 1.82 bits per heavy atom. The molecule has 9 heteroatoms. The molecule has 8 nitrogen and oxygen atoms in total. The number of carbonyl (C=O) groups excluding carboxylic acids is 1. The number of hydrogen-bond acceptors (Lipinski definition) is 6. The third kappa shape index (κ3) is 4.17. The highest BCUT2D eigenvalue weighted by atomic mass is 35.5. The maximum Gasteiger partial charge on any atom is 0.228 e. The maximum absolute atomic E-state index is 12.7. The molecule has 2 aromatic carbocycles. The van der Waals surface area contributed by atoms with Crippen LogP contribution in [-0.4, -0.2) is 42.0 Å². The molecule has 1 amide bonds. The lowest BCUT2D eigenvalue weighted by Crippen LogP contribution is -2.16. The van der Waals surface area contributed by atoms with E-state index in [9.17, 15) is 4.79 Å². The number of nitrogens with one attached hydrogen (secondary N) is 1. The van der Waals surface area contributed by atoms with Gasteiger partial charge >= 0.3 is 0 Å². The smallest absolute Gasteiger partial charge is 0.228 e. The minimum absolute atomic E-state index is 0.0972. The van der Waals surface area contributed by atoms with E-state index in [1.165, 1.54) is 34.0 Å². The normalized spacial score (nSPS) is 10.4. The minimum Gasteiger partial charge on any atom is -0.493 e. The molecule has 1 aromatic heterocycles. The monoisotopic (exact) mass is 402 g/mol. The topological polar surface area (TPSA) is 87.5 Å². The van der Waals surface area contributed by atoms with Crippen LogP contribution in [-0.2, 0) is 11.2 Å². The Balaban J connectivity index is 1.85. The van der Waals surface area contributed by atoms with Gasteiger partial charge in [-0.1, -0.05) is 11.6 Å². The van der Waals surface area contributed by atoms with E-state index < -0.39 is 0 Å². The van der Waals surface area contributed by atoms with Gasteiger partial charge in [0.1, 0.15) is 12.7 Å². The molecule has 1 heterocycles. The van der Waals surface area contributed by atoms with Gasteiger partial charge in [-0.15, -0.1) is 0 Å². The number of aromatic nitrogens is 3. The molecule has 146 valence electrons. The highest BCUT2D eigenvalue weighted by Crippen LogP contribution is 2.38. The summed E-state index contributed by atoms with van der Waals surface area (Å²) < 4.78 is 17.5. The zero-order valence-corrected chi connectivity index (χ0v) is 16.4. The van der Waals surface area contributed by atoms with Crippen molar-refractivity contribution in [1.29, 1.82) is 0 Å². The van der Waals surface area contributed by atoms with E-state index in [0.29, 0.717) is 39.2 Å². The molecular weight excluding hydrogens is 384 g/mol. The minimum atomic E-state index is -0.238. The second-order valence-electron chi connectivity index (χ2n) is 5.76. The average Bonchev–Trinajstić information content (AvgIpc) is 3.21. The van der Waals surface area contributed by atoms with E-state index in [4.69, 9.17) is 25.8 Å². The first-order chi connectivity index (χ1) is 13.5. The van der Waals surface area contributed by atoms with Crippen LogP contribution >= 0.6 is 11.6 Å². The van der Waals surface area contributed by atoms with Gasteiger partial charge in [0.15, 0.2) is 11.5 Å². The lowest BCUT2D eigenvalue weighted by atomic mass is 10.1. The maximum atomic E-state index is 12.7. The summed E-state index contributed by atoms with van der Waals surface area (Å²) in [6, 6.07) is 8.60. The Kier molecular flexibility index (Phi) is 6.00. The Bertz CT molecular complexity index is 951. The van der Waals surface area contributed by atoms with Crippen molar-refractivity contribution >= 4 is 23.2 Å². The quantitative estimate of drug-likeness (QED) is 0.653. The second kappa shape index (κ2) is 8.62. The second-order valence-corrected chi connectivity index (χ2v) is 6.20. The highest BCUT2D eigenvalue weighted by Gasteiger charge is 2.16. The number of rotatable bonds is 7. The van der Waals surface area contributed by atoms with Gasteiger partial charge in [0.2, 0.25) is 11.7 Å². The van der Waals surface area contributed by atoms with Crippen molar-refractivity contribution in [1.82, 2.24) is 14.8 Å². The largest absolute Gasteiger partial charge is 0.493 e. The van der Waals surface area contributed by atoms with E-state index in [0.717, 1.165) is 0 Å². The van der Waals surface area contributed by atoms with Crippen molar-refractivity contribution in [2.45, 2.75) is 6.42 Å². The number of hydrogen-bond donors (Lipinski definition) is 1. The predicted molar refractivity (Wildman–Crippen MR) is 105 cm³/mol. The standard InChI is InChI=1S/C19H19ClN4O4/c1-26-16-6-12(7-17(27-2)19(16)28-3)8-18(25)23-14-9-13(20)4-5-15(14)24-11-21-10-22-24/h4-7,9-11H,8H2,1-3H3,(H,23,25). The van der Waals surface area contributed by atoms with Crippen molar-refractivity contribution in [3.8, 4) is 22.9 Å². The molecule has 3 rings (SSSR count). The third-order valence-electron chi connectivity index (χ3n) is 3.99. The van der Waals surface area contributed by atoms with Crippen LogP contribution in [0.3, 0.4) is 0 Å². The van der Waals surface area contributed by atoms with Crippen LogP contribution < -0.4 is 19.5 Å². The van der Waals surface area contributed by atoms with Crippen LogP contribution in [0.1, 0.15) is 5.56 Å². The van der Waals surface area contributed by atoms with Crippen molar-refractivity contribution in [2.75, 3.05) is 26.6 Å². The molecule has 0 fully saturated rings. The fourth-order valence-electron chi connectivity index (χ4n) is 2.76. The molecule has 3 aromatic rings. The summed E-state index contributed by atoms with van der Waals surface area (Å²) in [4.78, 5) is 16.6. The van der Waals surface area contributed by atoms with E-state index in [2.05, 4.69) is 15.4 Å². The van der Waals surface area contributed by atoms with Crippen molar-refractivity contribution in [3.05, 3.63) is 53.6 Å². The Morgan fingerprint density at radius 1 is 1.11 bits per heavy atom. The number of benzene rings is 2. The molecule has 28 heavy (non-hydrogen) atoms. The highest BCUT2D eigenvalue weighted by molar-refractivity contribution is 6.31. The first-order valence-corrected chi connectivity index (χ1v) is 8.66. The van der Waals surface area contributed by atoms with Crippen molar-refractivity contribution in [2.24, 2.45) is 0 Å². The predicted octanol–water partition coefficient (Wildman–Crippen LogP) is 3.13.